The summed E-state index contributed by atoms with van der Waals surface area (Å²) in [5.41, 5.74) is 5.05. The molecule has 0 unspecified atom stereocenters. The van der Waals surface area contributed by atoms with Crippen molar-refractivity contribution in [2.75, 3.05) is 11.9 Å². The van der Waals surface area contributed by atoms with Crippen LogP contribution in [0, 0.1) is 13.8 Å². The number of fused-ring (bicyclic) bond motifs is 1. The van der Waals surface area contributed by atoms with E-state index < -0.39 is 0 Å². The Balaban J connectivity index is 1.77. The molecule has 0 aromatic carbocycles. The monoisotopic (exact) mass is 420 g/mol. The number of aromatic nitrogens is 2. The summed E-state index contributed by atoms with van der Waals surface area (Å²) in [7, 11) is 1.94. The highest BCUT2D eigenvalue weighted by Gasteiger charge is 2.26. The molecule has 8 heteroatoms. The molecule has 2 heterocycles. The smallest absolute Gasteiger partial charge is 0.341 e. The number of hydrogen-bond donors (Lipinski definition) is 2. The number of anilines is 1. The average molecular weight is 421 g/mol. The van der Waals surface area contributed by atoms with Crippen LogP contribution < -0.4 is 10.6 Å². The standard InChI is InChI=1S/C20H28N4O2S2/c1-5-26-19(25)17-14-9-7-6-8-10-16(14)28-18(17)22-20(27)21-11-15-12(2)23-24(4)13(15)3/h5-11H2,1-4H3,(H2,21,22,27). The summed E-state index contributed by atoms with van der Waals surface area (Å²) in [5.74, 6) is -0.258. The minimum absolute atomic E-state index is 0.258. The predicted octanol–water partition coefficient (Wildman–Crippen LogP) is 4.03. The number of thiocarbonyl (C=S) groups is 1. The summed E-state index contributed by atoms with van der Waals surface area (Å²) in [6, 6.07) is 0. The van der Waals surface area contributed by atoms with Crippen LogP contribution >= 0.6 is 23.6 Å². The van der Waals surface area contributed by atoms with E-state index in [-0.39, 0.29) is 5.97 Å². The molecule has 0 saturated carbocycles. The van der Waals surface area contributed by atoms with Gasteiger partial charge in [-0.15, -0.1) is 11.3 Å². The molecule has 0 aliphatic heterocycles. The number of thiophene rings is 1. The minimum Gasteiger partial charge on any atom is -0.462 e. The van der Waals surface area contributed by atoms with Crippen molar-refractivity contribution in [1.82, 2.24) is 15.1 Å². The third kappa shape index (κ3) is 4.38. The van der Waals surface area contributed by atoms with Crippen molar-refractivity contribution in [3.8, 4) is 0 Å². The molecule has 1 aliphatic carbocycles. The number of nitrogens with one attached hydrogen (secondary N) is 2. The van der Waals surface area contributed by atoms with Crippen molar-refractivity contribution in [3.05, 3.63) is 33.0 Å². The maximum atomic E-state index is 12.6. The van der Waals surface area contributed by atoms with Crippen LogP contribution in [0.25, 0.3) is 0 Å². The van der Waals surface area contributed by atoms with Crippen LogP contribution in [-0.4, -0.2) is 27.5 Å². The first-order valence-corrected chi connectivity index (χ1v) is 11.0. The van der Waals surface area contributed by atoms with E-state index in [0.717, 1.165) is 53.2 Å². The van der Waals surface area contributed by atoms with Crippen LogP contribution in [0.5, 0.6) is 0 Å². The molecule has 2 N–H and O–H groups in total. The van der Waals surface area contributed by atoms with E-state index in [1.165, 1.54) is 11.3 Å². The van der Waals surface area contributed by atoms with E-state index in [2.05, 4.69) is 15.7 Å². The van der Waals surface area contributed by atoms with Crippen molar-refractivity contribution in [2.45, 2.75) is 59.4 Å². The van der Waals surface area contributed by atoms with Gasteiger partial charge in [0.1, 0.15) is 5.00 Å². The van der Waals surface area contributed by atoms with Crippen LogP contribution in [0.2, 0.25) is 0 Å². The fourth-order valence-corrected chi connectivity index (χ4v) is 5.16. The number of rotatable bonds is 5. The fourth-order valence-electron chi connectivity index (χ4n) is 3.64. The van der Waals surface area contributed by atoms with Crippen molar-refractivity contribution in [3.63, 3.8) is 0 Å². The van der Waals surface area contributed by atoms with Gasteiger partial charge >= 0.3 is 5.97 Å². The lowest BCUT2D eigenvalue weighted by atomic mass is 10.1. The molecule has 28 heavy (non-hydrogen) atoms. The molecular weight excluding hydrogens is 392 g/mol. The van der Waals surface area contributed by atoms with Gasteiger partial charge in [0.15, 0.2) is 5.11 Å². The van der Waals surface area contributed by atoms with Crippen molar-refractivity contribution < 1.29 is 9.53 Å². The summed E-state index contributed by atoms with van der Waals surface area (Å²) in [4.78, 5) is 13.9. The molecule has 0 atom stereocenters. The number of nitrogens with zero attached hydrogens (tertiary/aromatic N) is 2. The van der Waals surface area contributed by atoms with Gasteiger partial charge in [-0.2, -0.15) is 5.10 Å². The van der Waals surface area contributed by atoms with E-state index in [0.29, 0.717) is 23.8 Å². The fraction of sp³-hybridized carbons (Fsp3) is 0.550. The lowest BCUT2D eigenvalue weighted by Crippen LogP contribution is -2.28. The van der Waals surface area contributed by atoms with Crippen LogP contribution in [0.4, 0.5) is 5.00 Å². The Hall–Kier alpha value is -1.93. The van der Waals surface area contributed by atoms with Crippen LogP contribution in [0.3, 0.4) is 0 Å². The van der Waals surface area contributed by atoms with Gasteiger partial charge in [0, 0.05) is 29.7 Å². The number of hydrogen-bond acceptors (Lipinski definition) is 5. The molecule has 0 saturated heterocycles. The normalized spacial score (nSPS) is 13.6. The van der Waals surface area contributed by atoms with E-state index in [1.54, 1.807) is 11.3 Å². The molecule has 6 nitrogen and oxygen atoms in total. The van der Waals surface area contributed by atoms with E-state index in [4.69, 9.17) is 17.0 Å². The summed E-state index contributed by atoms with van der Waals surface area (Å²) >= 11 is 7.15. The highest BCUT2D eigenvalue weighted by molar-refractivity contribution is 7.80. The van der Waals surface area contributed by atoms with Gasteiger partial charge < -0.3 is 15.4 Å². The van der Waals surface area contributed by atoms with E-state index >= 15 is 0 Å². The lowest BCUT2D eigenvalue weighted by Gasteiger charge is -2.12. The van der Waals surface area contributed by atoms with Crippen molar-refractivity contribution >= 4 is 39.6 Å². The van der Waals surface area contributed by atoms with Gasteiger partial charge in [-0.25, -0.2) is 4.79 Å². The second-order valence-electron chi connectivity index (χ2n) is 7.07. The zero-order valence-corrected chi connectivity index (χ0v) is 18.6. The van der Waals surface area contributed by atoms with Gasteiger partial charge in [0.05, 0.1) is 17.9 Å². The van der Waals surface area contributed by atoms with Gasteiger partial charge in [-0.05, 0) is 64.2 Å². The van der Waals surface area contributed by atoms with E-state index in [1.807, 2.05) is 32.5 Å². The highest BCUT2D eigenvalue weighted by Crippen LogP contribution is 2.38. The summed E-state index contributed by atoms with van der Waals surface area (Å²) < 4.78 is 7.20. The Morgan fingerprint density at radius 3 is 2.71 bits per heavy atom. The molecule has 0 amide bonds. The van der Waals surface area contributed by atoms with Gasteiger partial charge in [0.2, 0.25) is 0 Å². The van der Waals surface area contributed by atoms with Gasteiger partial charge in [-0.1, -0.05) is 6.42 Å². The molecule has 1 aliphatic rings. The maximum absolute atomic E-state index is 12.6. The zero-order chi connectivity index (χ0) is 20.3. The third-order valence-corrected chi connectivity index (χ3v) is 6.67. The summed E-state index contributed by atoms with van der Waals surface area (Å²) in [5, 5.41) is 12.2. The first-order chi connectivity index (χ1) is 13.4. The number of carbonyl (C=O) groups is 1. The second kappa shape index (κ2) is 9.05. The molecule has 152 valence electrons. The van der Waals surface area contributed by atoms with Crippen LogP contribution in [0.15, 0.2) is 0 Å². The SMILES string of the molecule is CCOC(=O)c1c(NC(=S)NCc2c(C)nn(C)c2C)sc2c1CCCCC2. The minimum atomic E-state index is -0.258. The molecule has 0 bridgehead atoms. The number of esters is 1. The quantitative estimate of drug-likeness (QED) is 0.432. The summed E-state index contributed by atoms with van der Waals surface area (Å²) in [6.45, 7) is 6.83. The van der Waals surface area contributed by atoms with Crippen molar-refractivity contribution in [1.29, 1.82) is 0 Å². The van der Waals surface area contributed by atoms with E-state index in [9.17, 15) is 4.79 Å². The average Bonchev–Trinajstić information content (AvgIpc) is 2.98. The third-order valence-electron chi connectivity index (χ3n) is 5.21. The Morgan fingerprint density at radius 1 is 1.29 bits per heavy atom. The molecule has 2 aromatic rings. The summed E-state index contributed by atoms with van der Waals surface area (Å²) in [6.07, 6.45) is 5.42. The van der Waals surface area contributed by atoms with Crippen LogP contribution in [-0.2, 0) is 31.2 Å². The molecule has 3 rings (SSSR count). The Kier molecular flexibility index (Phi) is 6.72. The molecular formula is C20H28N4O2S2. The van der Waals surface area contributed by atoms with Gasteiger partial charge in [-0.3, -0.25) is 4.68 Å². The molecule has 0 spiro atoms. The maximum Gasteiger partial charge on any atom is 0.341 e. The van der Waals surface area contributed by atoms with Gasteiger partial charge in [0.25, 0.3) is 0 Å². The Morgan fingerprint density at radius 2 is 2.04 bits per heavy atom. The van der Waals surface area contributed by atoms with Crippen LogP contribution in [0.1, 0.15) is 63.9 Å². The number of carbonyl (C=O) groups excluding carboxylic acids is 1. The highest BCUT2D eigenvalue weighted by atomic mass is 32.1. The number of aryl methyl sites for hydroxylation is 3. The first-order valence-electron chi connectivity index (χ1n) is 9.78. The number of ether oxygens (including phenoxy) is 1. The molecule has 2 aromatic heterocycles. The second-order valence-corrected chi connectivity index (χ2v) is 8.58. The van der Waals surface area contributed by atoms with Crippen molar-refractivity contribution in [2.24, 2.45) is 7.05 Å². The predicted molar refractivity (Wildman–Crippen MR) is 117 cm³/mol. The Bertz CT molecular complexity index is 885. The first kappa shape index (κ1) is 20.8. The molecule has 0 fully saturated rings. The molecule has 0 radical (unpaired) electrons. The Labute approximate surface area is 175 Å². The zero-order valence-electron chi connectivity index (χ0n) is 17.0. The topological polar surface area (TPSA) is 68.2 Å². The largest absolute Gasteiger partial charge is 0.462 e. The lowest BCUT2D eigenvalue weighted by molar-refractivity contribution is 0.0527.